The molecule has 3 rings (SSSR count). The number of furan rings is 1. The van der Waals surface area contributed by atoms with Crippen molar-refractivity contribution in [1.82, 2.24) is 5.32 Å². The number of sulfonamides is 1. The Hall–Kier alpha value is -3.17. The number of ether oxygens (including phenoxy) is 1. The molecule has 0 fully saturated rings. The molecule has 0 radical (unpaired) electrons. The number of hydrogen-bond donors (Lipinski definition) is 2. The van der Waals surface area contributed by atoms with Crippen molar-refractivity contribution in [3.8, 4) is 5.75 Å². The highest BCUT2D eigenvalue weighted by atomic mass is 32.2. The van der Waals surface area contributed by atoms with Gasteiger partial charge in [0.15, 0.2) is 5.76 Å². The Morgan fingerprint density at radius 3 is 2.38 bits per heavy atom. The third-order valence-electron chi connectivity index (χ3n) is 4.14. The topological polar surface area (TPSA) is 112 Å². The number of hydrogen-bond acceptors (Lipinski definition) is 5. The van der Waals surface area contributed by atoms with Gasteiger partial charge in [-0.2, -0.15) is 0 Å². The zero-order chi connectivity index (χ0) is 21.0. The van der Waals surface area contributed by atoms with Crippen LogP contribution in [0.3, 0.4) is 0 Å². The Kier molecular flexibility index (Phi) is 6.00. The fourth-order valence-electron chi connectivity index (χ4n) is 2.56. The Bertz CT molecular complexity index is 1090. The van der Waals surface area contributed by atoms with Crippen LogP contribution in [-0.2, 0) is 16.6 Å². The predicted molar refractivity (Wildman–Crippen MR) is 103 cm³/mol. The van der Waals surface area contributed by atoms with E-state index in [0.29, 0.717) is 17.1 Å². The lowest BCUT2D eigenvalue weighted by molar-refractivity contribution is 0.0907. The first-order valence-electron chi connectivity index (χ1n) is 8.63. The number of halogens is 1. The minimum atomic E-state index is -3.77. The molecule has 1 unspecified atom stereocenters. The van der Waals surface area contributed by atoms with Crippen LogP contribution in [0, 0.1) is 5.82 Å². The van der Waals surface area contributed by atoms with Gasteiger partial charge in [0, 0.05) is 0 Å². The monoisotopic (exact) mass is 418 g/mol. The van der Waals surface area contributed by atoms with Gasteiger partial charge >= 0.3 is 0 Å². The van der Waals surface area contributed by atoms with Crippen molar-refractivity contribution in [2.24, 2.45) is 5.14 Å². The maximum Gasteiger partial charge on any atom is 0.287 e. The molecule has 1 atom stereocenters. The molecule has 152 valence electrons. The van der Waals surface area contributed by atoms with Crippen LogP contribution in [-0.4, -0.2) is 14.3 Å². The molecule has 3 N–H and O–H groups in total. The van der Waals surface area contributed by atoms with Crippen molar-refractivity contribution < 1.29 is 26.8 Å². The number of benzene rings is 2. The van der Waals surface area contributed by atoms with Gasteiger partial charge in [0.05, 0.1) is 10.9 Å². The van der Waals surface area contributed by atoms with Crippen LogP contribution >= 0.6 is 0 Å². The lowest BCUT2D eigenvalue weighted by Crippen LogP contribution is -2.26. The summed E-state index contributed by atoms with van der Waals surface area (Å²) in [7, 11) is -3.77. The summed E-state index contributed by atoms with van der Waals surface area (Å²) >= 11 is 0. The molecule has 0 saturated carbocycles. The van der Waals surface area contributed by atoms with E-state index in [1.165, 1.54) is 42.5 Å². The highest BCUT2D eigenvalue weighted by Gasteiger charge is 2.16. The van der Waals surface area contributed by atoms with Crippen molar-refractivity contribution in [1.29, 1.82) is 0 Å². The van der Waals surface area contributed by atoms with Crippen molar-refractivity contribution in [3.63, 3.8) is 0 Å². The number of rotatable bonds is 7. The summed E-state index contributed by atoms with van der Waals surface area (Å²) in [6, 6.07) is 14.2. The summed E-state index contributed by atoms with van der Waals surface area (Å²) < 4.78 is 46.5. The summed E-state index contributed by atoms with van der Waals surface area (Å²) in [5, 5.41) is 7.84. The number of carbonyl (C=O) groups is 1. The Morgan fingerprint density at radius 2 is 1.76 bits per heavy atom. The minimum absolute atomic E-state index is 0.00314. The second-order valence-corrected chi connectivity index (χ2v) is 7.88. The third kappa shape index (κ3) is 5.43. The van der Waals surface area contributed by atoms with Crippen LogP contribution in [0.15, 0.2) is 70.0 Å². The third-order valence-corrected chi connectivity index (χ3v) is 5.07. The van der Waals surface area contributed by atoms with E-state index in [1.807, 2.05) is 0 Å². The van der Waals surface area contributed by atoms with Gasteiger partial charge in [-0.05, 0) is 61.0 Å². The fraction of sp³-hybridized carbons (Fsp3) is 0.150. The first kappa shape index (κ1) is 20.6. The fourth-order valence-corrected chi connectivity index (χ4v) is 3.08. The van der Waals surface area contributed by atoms with Crippen molar-refractivity contribution in [3.05, 3.63) is 83.6 Å². The van der Waals surface area contributed by atoms with Crippen LogP contribution < -0.4 is 15.2 Å². The first-order valence-corrected chi connectivity index (χ1v) is 10.2. The van der Waals surface area contributed by atoms with Crippen LogP contribution in [0.1, 0.15) is 34.8 Å². The Balaban J connectivity index is 1.58. The van der Waals surface area contributed by atoms with E-state index in [9.17, 15) is 17.6 Å². The Morgan fingerprint density at radius 1 is 1.10 bits per heavy atom. The van der Waals surface area contributed by atoms with Crippen LogP contribution in [0.5, 0.6) is 5.75 Å². The average molecular weight is 418 g/mol. The van der Waals surface area contributed by atoms with Crippen LogP contribution in [0.4, 0.5) is 4.39 Å². The van der Waals surface area contributed by atoms with E-state index < -0.39 is 15.9 Å². The second-order valence-electron chi connectivity index (χ2n) is 6.32. The molecule has 0 bridgehead atoms. The lowest BCUT2D eigenvalue weighted by Gasteiger charge is -2.13. The SMILES string of the molecule is CC(NC(=O)c1ccc(COc2ccc(F)cc2)o1)c1ccc(S(N)(=O)=O)cc1. The van der Waals surface area contributed by atoms with E-state index in [1.54, 1.807) is 25.1 Å². The number of primary sulfonamides is 1. The van der Waals surface area contributed by atoms with E-state index in [2.05, 4.69) is 5.32 Å². The normalized spacial score (nSPS) is 12.4. The summed E-state index contributed by atoms with van der Waals surface area (Å²) in [6.07, 6.45) is 0. The smallest absolute Gasteiger partial charge is 0.287 e. The minimum Gasteiger partial charge on any atom is -0.486 e. The molecule has 1 heterocycles. The summed E-state index contributed by atoms with van der Waals surface area (Å²) in [4.78, 5) is 12.4. The molecule has 9 heteroatoms. The molecule has 2 aromatic carbocycles. The molecule has 0 spiro atoms. The summed E-state index contributed by atoms with van der Waals surface area (Å²) in [5.41, 5.74) is 0.706. The van der Waals surface area contributed by atoms with E-state index in [0.717, 1.165) is 0 Å². The molecular weight excluding hydrogens is 399 g/mol. The molecule has 1 amide bonds. The van der Waals surface area contributed by atoms with Gasteiger partial charge < -0.3 is 14.5 Å². The number of amides is 1. The first-order chi connectivity index (χ1) is 13.7. The van der Waals surface area contributed by atoms with Gasteiger partial charge in [-0.25, -0.2) is 17.9 Å². The van der Waals surface area contributed by atoms with Gasteiger partial charge in [-0.1, -0.05) is 12.1 Å². The van der Waals surface area contributed by atoms with Gasteiger partial charge in [0.25, 0.3) is 5.91 Å². The molecule has 1 aromatic heterocycles. The lowest BCUT2D eigenvalue weighted by atomic mass is 10.1. The molecule has 7 nitrogen and oxygen atoms in total. The molecule has 0 saturated heterocycles. The predicted octanol–water partition coefficient (Wildman–Crippen LogP) is 3.14. The summed E-state index contributed by atoms with van der Waals surface area (Å²) in [6.45, 7) is 1.84. The average Bonchev–Trinajstić information content (AvgIpc) is 3.16. The summed E-state index contributed by atoms with van der Waals surface area (Å²) in [5.74, 6) is 0.231. The van der Waals surface area contributed by atoms with Gasteiger partial charge in [0.1, 0.15) is 23.9 Å². The van der Waals surface area contributed by atoms with E-state index in [-0.39, 0.29) is 29.1 Å². The quantitative estimate of drug-likeness (QED) is 0.612. The Labute approximate surface area is 167 Å². The van der Waals surface area contributed by atoms with E-state index >= 15 is 0 Å². The van der Waals surface area contributed by atoms with Gasteiger partial charge in [-0.15, -0.1) is 0 Å². The molecule has 29 heavy (non-hydrogen) atoms. The number of nitrogens with one attached hydrogen (secondary N) is 1. The molecule has 3 aromatic rings. The largest absolute Gasteiger partial charge is 0.486 e. The second kappa shape index (κ2) is 8.46. The highest BCUT2D eigenvalue weighted by Crippen LogP contribution is 2.18. The number of carbonyl (C=O) groups excluding carboxylic acids is 1. The highest BCUT2D eigenvalue weighted by molar-refractivity contribution is 7.89. The number of nitrogens with two attached hydrogens (primary N) is 1. The maximum atomic E-state index is 12.9. The van der Waals surface area contributed by atoms with Crippen molar-refractivity contribution in [2.75, 3.05) is 0 Å². The molecule has 0 aliphatic rings. The van der Waals surface area contributed by atoms with Gasteiger partial charge in [-0.3, -0.25) is 4.79 Å². The zero-order valence-corrected chi connectivity index (χ0v) is 16.3. The van der Waals surface area contributed by atoms with Crippen molar-refractivity contribution >= 4 is 15.9 Å². The van der Waals surface area contributed by atoms with Crippen molar-refractivity contribution in [2.45, 2.75) is 24.5 Å². The molecule has 0 aliphatic carbocycles. The van der Waals surface area contributed by atoms with Crippen LogP contribution in [0.2, 0.25) is 0 Å². The standard InChI is InChI=1S/C20H19FN2O5S/c1-13(14-2-9-18(10-3-14)29(22,25)26)23-20(24)19-11-8-17(28-19)12-27-16-6-4-15(21)5-7-16/h2-11,13H,12H2,1H3,(H,23,24)(H2,22,25,26). The van der Waals surface area contributed by atoms with Gasteiger partial charge in [0.2, 0.25) is 10.0 Å². The van der Waals surface area contributed by atoms with Crippen LogP contribution in [0.25, 0.3) is 0 Å². The molecule has 0 aliphatic heterocycles. The van der Waals surface area contributed by atoms with E-state index in [4.69, 9.17) is 14.3 Å². The zero-order valence-electron chi connectivity index (χ0n) is 15.5. The maximum absolute atomic E-state index is 12.9. The molecular formula is C20H19FN2O5S.